The predicted octanol–water partition coefficient (Wildman–Crippen LogP) is -1.35. The smallest absolute Gasteiger partial charge is 0.748 e. The molecule has 0 radical (unpaired) electrons. The molecule has 0 fully saturated rings. The van der Waals surface area contributed by atoms with Crippen LogP contribution in [0.1, 0.15) is 52.4 Å². The molecule has 0 amide bonds. The Hall–Kier alpha value is 0.870. The summed E-state index contributed by atoms with van der Waals surface area (Å²) in [7, 11) is -4.11. The maximum absolute atomic E-state index is 10.6. The summed E-state index contributed by atoms with van der Waals surface area (Å²) in [6, 6.07) is 0. The molecule has 6 heteroatoms. The van der Waals surface area contributed by atoms with Crippen molar-refractivity contribution in [2.45, 2.75) is 63.7 Å². The van der Waals surface area contributed by atoms with Crippen molar-refractivity contribution in [3.05, 3.63) is 0 Å². The largest absolute Gasteiger partial charge is 1.00 e. The van der Waals surface area contributed by atoms with E-state index < -0.39 is 15.4 Å². The summed E-state index contributed by atoms with van der Waals surface area (Å²) in [4.78, 5) is 0. The van der Waals surface area contributed by atoms with Crippen molar-refractivity contribution in [3.63, 3.8) is 0 Å². The molecule has 1 N–H and O–H groups in total. The molecule has 0 saturated heterocycles. The maximum Gasteiger partial charge on any atom is 1.00 e. The molecular formula is C10H21NaO4S. The zero-order valence-corrected chi connectivity index (χ0v) is 13.3. The van der Waals surface area contributed by atoms with Gasteiger partial charge in [-0.3, -0.25) is 0 Å². The van der Waals surface area contributed by atoms with Gasteiger partial charge < -0.3 is 9.66 Å². The molecule has 0 bridgehead atoms. The number of hydrogen-bond donors (Lipinski definition) is 1. The van der Waals surface area contributed by atoms with E-state index in [1.165, 1.54) is 6.92 Å². The van der Waals surface area contributed by atoms with Crippen molar-refractivity contribution >= 4 is 10.1 Å². The Labute approximate surface area is 121 Å². The molecule has 4 nitrogen and oxygen atoms in total. The molecule has 0 aromatic heterocycles. The van der Waals surface area contributed by atoms with Gasteiger partial charge in [-0.05, 0) is 26.2 Å². The second-order valence-corrected chi connectivity index (χ2v) is 5.79. The Kier molecular flexibility index (Phi) is 11.8. The second kappa shape index (κ2) is 9.85. The van der Waals surface area contributed by atoms with Gasteiger partial charge in [0, 0.05) is 5.25 Å². The fourth-order valence-electron chi connectivity index (χ4n) is 1.34. The number of aliphatic hydroxyl groups is 1. The molecule has 16 heavy (non-hydrogen) atoms. The summed E-state index contributed by atoms with van der Waals surface area (Å²) in [5.41, 5.74) is 0. The van der Waals surface area contributed by atoms with Gasteiger partial charge in [0.15, 0.2) is 0 Å². The van der Waals surface area contributed by atoms with Crippen molar-refractivity contribution in [2.75, 3.05) is 0 Å². The third kappa shape index (κ3) is 10.1. The number of aliphatic hydroxyl groups excluding tert-OH is 1. The number of hydrogen-bond acceptors (Lipinski definition) is 4. The Balaban J connectivity index is 0. The van der Waals surface area contributed by atoms with Crippen LogP contribution >= 0.6 is 0 Å². The van der Waals surface area contributed by atoms with Crippen molar-refractivity contribution in [1.29, 1.82) is 0 Å². The molecule has 2 atom stereocenters. The molecule has 0 saturated carbocycles. The molecule has 0 heterocycles. The van der Waals surface area contributed by atoms with E-state index in [9.17, 15) is 18.1 Å². The normalized spacial score (nSPS) is 15.2. The topological polar surface area (TPSA) is 77.4 Å². The molecule has 0 aromatic carbocycles. The molecule has 0 aliphatic heterocycles. The first kappa shape index (κ1) is 19.2. The van der Waals surface area contributed by atoms with Crippen LogP contribution in [0.3, 0.4) is 0 Å². The zero-order valence-electron chi connectivity index (χ0n) is 10.5. The summed E-state index contributed by atoms with van der Waals surface area (Å²) in [5.74, 6) is 0. The molecule has 0 rings (SSSR count). The number of rotatable bonds is 8. The van der Waals surface area contributed by atoms with Gasteiger partial charge in [0.1, 0.15) is 0 Å². The van der Waals surface area contributed by atoms with Gasteiger partial charge in [-0.25, -0.2) is 8.42 Å². The zero-order chi connectivity index (χ0) is 11.9. The van der Waals surface area contributed by atoms with Crippen LogP contribution in [0.15, 0.2) is 0 Å². The van der Waals surface area contributed by atoms with Gasteiger partial charge in [0.25, 0.3) is 0 Å². The average molecular weight is 260 g/mol. The minimum absolute atomic E-state index is 0. The van der Waals surface area contributed by atoms with Gasteiger partial charge in [-0.2, -0.15) is 0 Å². The monoisotopic (exact) mass is 260 g/mol. The minimum Gasteiger partial charge on any atom is -0.748 e. The Bertz CT molecular complexity index is 254. The Morgan fingerprint density at radius 1 is 1.19 bits per heavy atom. The summed E-state index contributed by atoms with van der Waals surface area (Å²) < 4.78 is 31.7. The van der Waals surface area contributed by atoms with Crippen molar-refractivity contribution < 1.29 is 47.6 Å². The van der Waals surface area contributed by atoms with Gasteiger partial charge >= 0.3 is 29.6 Å². The first-order chi connectivity index (χ1) is 6.88. The van der Waals surface area contributed by atoms with E-state index in [1.54, 1.807) is 0 Å². The molecule has 0 aliphatic carbocycles. The molecular weight excluding hydrogens is 239 g/mol. The molecule has 0 aliphatic rings. The summed E-state index contributed by atoms with van der Waals surface area (Å²) in [6.07, 6.45) is 4.19. The standard InChI is InChI=1S/C10H22O4S.Na/c1-3-10(11)8-6-4-5-7-9(2)15(12,13)14;/h9-11H,3-8H2,1-2H3,(H,12,13,14);/q;+1/p-1. The summed E-state index contributed by atoms with van der Waals surface area (Å²) in [6.45, 7) is 3.37. The van der Waals surface area contributed by atoms with Gasteiger partial charge in [0.05, 0.1) is 16.2 Å². The molecule has 92 valence electrons. The van der Waals surface area contributed by atoms with E-state index in [2.05, 4.69) is 0 Å². The Morgan fingerprint density at radius 3 is 2.12 bits per heavy atom. The number of unbranched alkanes of at least 4 members (excludes halogenated alkanes) is 2. The molecule has 0 aromatic rings. The van der Waals surface area contributed by atoms with Crippen LogP contribution in [0.5, 0.6) is 0 Å². The van der Waals surface area contributed by atoms with Crippen molar-refractivity contribution in [2.24, 2.45) is 0 Å². The van der Waals surface area contributed by atoms with Gasteiger partial charge in [0.2, 0.25) is 0 Å². The fourth-order valence-corrected chi connectivity index (χ4v) is 1.79. The van der Waals surface area contributed by atoms with Crippen LogP contribution in [-0.4, -0.2) is 29.4 Å². The summed E-state index contributed by atoms with van der Waals surface area (Å²) >= 11 is 0. The van der Waals surface area contributed by atoms with E-state index in [1.807, 2.05) is 6.92 Å². The van der Waals surface area contributed by atoms with Crippen molar-refractivity contribution in [3.8, 4) is 0 Å². The third-order valence-electron chi connectivity index (χ3n) is 2.61. The van der Waals surface area contributed by atoms with Crippen LogP contribution in [0.4, 0.5) is 0 Å². The first-order valence-corrected chi connectivity index (χ1v) is 6.97. The van der Waals surface area contributed by atoms with E-state index in [4.69, 9.17) is 0 Å². The average Bonchev–Trinajstić information content (AvgIpc) is 2.15. The SMILES string of the molecule is CCC(O)CCCCCC(C)S(=O)(=O)[O-].[Na+]. The van der Waals surface area contributed by atoms with E-state index >= 15 is 0 Å². The van der Waals surface area contributed by atoms with Crippen LogP contribution in [0.25, 0.3) is 0 Å². The van der Waals surface area contributed by atoms with Crippen LogP contribution in [0.2, 0.25) is 0 Å². The predicted molar refractivity (Wildman–Crippen MR) is 58.5 cm³/mol. The van der Waals surface area contributed by atoms with Crippen LogP contribution < -0.4 is 29.6 Å². The second-order valence-electron chi connectivity index (χ2n) is 4.00. The van der Waals surface area contributed by atoms with Crippen LogP contribution in [0, 0.1) is 0 Å². The molecule has 0 spiro atoms. The summed E-state index contributed by atoms with van der Waals surface area (Å²) in [5, 5.41) is 8.47. The fraction of sp³-hybridized carbons (Fsp3) is 1.00. The van der Waals surface area contributed by atoms with Gasteiger partial charge in [-0.1, -0.05) is 26.2 Å². The maximum atomic E-state index is 10.6. The van der Waals surface area contributed by atoms with Crippen molar-refractivity contribution in [1.82, 2.24) is 0 Å². The third-order valence-corrected chi connectivity index (χ3v) is 3.83. The van der Waals surface area contributed by atoms with E-state index in [-0.39, 0.29) is 35.7 Å². The Morgan fingerprint density at radius 2 is 1.69 bits per heavy atom. The molecule has 2 unspecified atom stereocenters. The van der Waals surface area contributed by atoms with Crippen LogP contribution in [-0.2, 0) is 10.1 Å². The van der Waals surface area contributed by atoms with E-state index in [0.717, 1.165) is 32.1 Å². The minimum atomic E-state index is -4.11. The van der Waals surface area contributed by atoms with E-state index in [0.29, 0.717) is 6.42 Å². The first-order valence-electron chi connectivity index (χ1n) is 5.50. The quantitative estimate of drug-likeness (QED) is 0.332. The van der Waals surface area contributed by atoms with Gasteiger partial charge in [-0.15, -0.1) is 0 Å².